The number of amides is 1. The summed E-state index contributed by atoms with van der Waals surface area (Å²) in [5, 5.41) is 4.33. The summed E-state index contributed by atoms with van der Waals surface area (Å²) in [6.45, 7) is 3.96. The van der Waals surface area contributed by atoms with Gasteiger partial charge >= 0.3 is 0 Å². The molecule has 0 fully saturated rings. The van der Waals surface area contributed by atoms with Gasteiger partial charge in [-0.15, -0.1) is 0 Å². The molecule has 0 radical (unpaired) electrons. The first kappa shape index (κ1) is 16.3. The highest BCUT2D eigenvalue weighted by Crippen LogP contribution is 2.32. The lowest BCUT2D eigenvalue weighted by Crippen LogP contribution is -2.05. The first-order valence-corrected chi connectivity index (χ1v) is 8.05. The second-order valence-electron chi connectivity index (χ2n) is 5.36. The number of hydrogen-bond acceptors (Lipinski definition) is 3. The Morgan fingerprint density at radius 3 is 2.58 bits per heavy atom. The van der Waals surface area contributed by atoms with Gasteiger partial charge in [-0.2, -0.15) is 0 Å². The molecule has 0 bridgehead atoms. The maximum absolute atomic E-state index is 11.3. The molecule has 4 nitrogen and oxygen atoms in total. The normalized spacial score (nSPS) is 10.6. The van der Waals surface area contributed by atoms with E-state index >= 15 is 0 Å². The van der Waals surface area contributed by atoms with Gasteiger partial charge in [-0.1, -0.05) is 23.7 Å². The molecule has 0 aliphatic carbocycles. The van der Waals surface area contributed by atoms with Gasteiger partial charge in [-0.05, 0) is 37.3 Å². The van der Waals surface area contributed by atoms with E-state index in [1.807, 2.05) is 55.5 Å². The number of carbonyl (C=O) groups is 1. The molecule has 5 heteroatoms. The fraction of sp³-hybridized carbons (Fsp3) is 0.158. The van der Waals surface area contributed by atoms with Crippen LogP contribution in [0.1, 0.15) is 13.8 Å². The maximum atomic E-state index is 11.3. The molecule has 0 spiro atoms. The van der Waals surface area contributed by atoms with Crippen molar-refractivity contribution in [2.24, 2.45) is 0 Å². The smallest absolute Gasteiger partial charge is 0.221 e. The third kappa shape index (κ3) is 3.49. The number of halogens is 1. The average molecular weight is 341 g/mol. The highest BCUT2D eigenvalue weighted by atomic mass is 35.5. The van der Waals surface area contributed by atoms with Gasteiger partial charge in [0.1, 0.15) is 5.75 Å². The maximum Gasteiger partial charge on any atom is 0.221 e. The van der Waals surface area contributed by atoms with E-state index in [4.69, 9.17) is 21.3 Å². The quantitative estimate of drug-likeness (QED) is 0.734. The highest BCUT2D eigenvalue weighted by Gasteiger charge is 2.10. The van der Waals surface area contributed by atoms with Crippen molar-refractivity contribution in [3.63, 3.8) is 0 Å². The number of anilines is 1. The van der Waals surface area contributed by atoms with E-state index in [-0.39, 0.29) is 5.91 Å². The number of nitrogens with zero attached hydrogens (tertiary/aromatic N) is 1. The van der Waals surface area contributed by atoms with E-state index < -0.39 is 0 Å². The first-order valence-electron chi connectivity index (χ1n) is 7.68. The molecule has 3 aromatic rings. The van der Waals surface area contributed by atoms with Crippen molar-refractivity contribution in [3.05, 3.63) is 53.6 Å². The molecule has 1 heterocycles. The molecule has 122 valence electrons. The van der Waals surface area contributed by atoms with Gasteiger partial charge in [0.25, 0.3) is 0 Å². The molecule has 1 N–H and O–H groups in total. The molecule has 0 unspecified atom stereocenters. The van der Waals surface area contributed by atoms with Crippen LogP contribution in [0.2, 0.25) is 5.02 Å². The van der Waals surface area contributed by atoms with Gasteiger partial charge in [0.2, 0.25) is 5.91 Å². The Bertz CT molecular complexity index is 892. The van der Waals surface area contributed by atoms with Crippen LogP contribution in [0.5, 0.6) is 5.75 Å². The number of pyridine rings is 1. The minimum Gasteiger partial charge on any atom is -0.493 e. The summed E-state index contributed by atoms with van der Waals surface area (Å²) in [4.78, 5) is 16.0. The Balaban J connectivity index is 2.13. The number of nitrogens with one attached hydrogen (secondary N) is 1. The van der Waals surface area contributed by atoms with E-state index in [2.05, 4.69) is 5.32 Å². The van der Waals surface area contributed by atoms with E-state index in [1.54, 1.807) is 0 Å². The molecular weight excluding hydrogens is 324 g/mol. The third-order valence-electron chi connectivity index (χ3n) is 3.53. The van der Waals surface area contributed by atoms with E-state index in [9.17, 15) is 4.79 Å². The Morgan fingerprint density at radius 1 is 1.17 bits per heavy atom. The van der Waals surface area contributed by atoms with Crippen LogP contribution < -0.4 is 10.1 Å². The summed E-state index contributed by atoms with van der Waals surface area (Å²) in [5.74, 6) is 0.623. The van der Waals surface area contributed by atoms with E-state index in [0.717, 1.165) is 33.6 Å². The second-order valence-corrected chi connectivity index (χ2v) is 5.80. The van der Waals surface area contributed by atoms with Crippen molar-refractivity contribution in [2.45, 2.75) is 13.8 Å². The SMILES string of the molecule is CCOc1cc(-c2ccc(Cl)cc2)nc2ccc(NC(C)=O)cc12. The number of carbonyl (C=O) groups excluding carboxylic acids is 1. The zero-order valence-electron chi connectivity index (χ0n) is 13.5. The monoisotopic (exact) mass is 340 g/mol. The second kappa shape index (κ2) is 6.89. The predicted octanol–water partition coefficient (Wildman–Crippen LogP) is 4.91. The highest BCUT2D eigenvalue weighted by molar-refractivity contribution is 6.30. The summed E-state index contributed by atoms with van der Waals surface area (Å²) in [6.07, 6.45) is 0. The molecule has 0 aliphatic heterocycles. The molecule has 3 rings (SSSR count). The van der Waals surface area contributed by atoms with Crippen molar-refractivity contribution in [3.8, 4) is 17.0 Å². The van der Waals surface area contributed by atoms with Crippen LogP contribution >= 0.6 is 11.6 Å². The summed E-state index contributed by atoms with van der Waals surface area (Å²) in [6, 6.07) is 15.0. The third-order valence-corrected chi connectivity index (χ3v) is 3.78. The van der Waals surface area contributed by atoms with Crippen LogP contribution in [0.3, 0.4) is 0 Å². The lowest BCUT2D eigenvalue weighted by Gasteiger charge is -2.12. The lowest BCUT2D eigenvalue weighted by atomic mass is 10.1. The molecular formula is C19H17ClN2O2. The van der Waals surface area contributed by atoms with Crippen LogP contribution in [-0.2, 0) is 4.79 Å². The average Bonchev–Trinajstić information content (AvgIpc) is 2.55. The van der Waals surface area contributed by atoms with Crippen molar-refractivity contribution >= 4 is 34.1 Å². The van der Waals surface area contributed by atoms with Crippen molar-refractivity contribution in [1.82, 2.24) is 4.98 Å². The molecule has 24 heavy (non-hydrogen) atoms. The zero-order valence-corrected chi connectivity index (χ0v) is 14.2. The molecule has 1 amide bonds. The van der Waals surface area contributed by atoms with Gasteiger partial charge in [-0.25, -0.2) is 4.98 Å². The van der Waals surface area contributed by atoms with Crippen molar-refractivity contribution < 1.29 is 9.53 Å². The van der Waals surface area contributed by atoms with Gasteiger partial charge in [0.05, 0.1) is 17.8 Å². The Kier molecular flexibility index (Phi) is 4.67. The lowest BCUT2D eigenvalue weighted by molar-refractivity contribution is -0.114. The predicted molar refractivity (Wildman–Crippen MR) is 97.7 cm³/mol. The number of ether oxygens (including phenoxy) is 1. The van der Waals surface area contributed by atoms with Gasteiger partial charge in [0.15, 0.2) is 0 Å². The standard InChI is InChI=1S/C19H17ClN2O2/c1-3-24-19-11-18(13-4-6-14(20)7-5-13)22-17-9-8-15(10-16(17)19)21-12(2)23/h4-11H,3H2,1-2H3,(H,21,23). The van der Waals surface area contributed by atoms with Crippen LogP contribution in [0.25, 0.3) is 22.2 Å². The van der Waals surface area contributed by atoms with Crippen LogP contribution in [0.4, 0.5) is 5.69 Å². The molecule has 1 aromatic heterocycles. The fourth-order valence-corrected chi connectivity index (χ4v) is 2.65. The minimum atomic E-state index is -0.113. The topological polar surface area (TPSA) is 51.2 Å². The van der Waals surface area contributed by atoms with Crippen LogP contribution in [0, 0.1) is 0 Å². The summed E-state index contributed by atoms with van der Waals surface area (Å²) in [7, 11) is 0. The summed E-state index contributed by atoms with van der Waals surface area (Å²) in [5.41, 5.74) is 3.31. The first-order chi connectivity index (χ1) is 11.6. The number of benzene rings is 2. The number of rotatable bonds is 4. The molecule has 0 saturated heterocycles. The Morgan fingerprint density at radius 2 is 1.92 bits per heavy atom. The Hall–Kier alpha value is -2.59. The van der Waals surface area contributed by atoms with Crippen molar-refractivity contribution in [2.75, 3.05) is 11.9 Å². The van der Waals surface area contributed by atoms with Gasteiger partial charge in [0, 0.05) is 34.6 Å². The van der Waals surface area contributed by atoms with E-state index in [1.165, 1.54) is 6.92 Å². The number of hydrogen-bond donors (Lipinski definition) is 1. The largest absolute Gasteiger partial charge is 0.493 e. The van der Waals surface area contributed by atoms with Crippen LogP contribution in [0.15, 0.2) is 48.5 Å². The van der Waals surface area contributed by atoms with E-state index in [0.29, 0.717) is 11.6 Å². The fourth-order valence-electron chi connectivity index (χ4n) is 2.52. The molecule has 0 atom stereocenters. The van der Waals surface area contributed by atoms with Gasteiger partial charge in [-0.3, -0.25) is 4.79 Å². The summed E-state index contributed by atoms with van der Waals surface area (Å²) >= 11 is 5.95. The van der Waals surface area contributed by atoms with Crippen molar-refractivity contribution in [1.29, 1.82) is 0 Å². The van der Waals surface area contributed by atoms with Crippen LogP contribution in [-0.4, -0.2) is 17.5 Å². The molecule has 0 saturated carbocycles. The zero-order chi connectivity index (χ0) is 17.1. The Labute approximate surface area is 145 Å². The summed E-state index contributed by atoms with van der Waals surface area (Å²) < 4.78 is 5.79. The number of aromatic nitrogens is 1. The number of fused-ring (bicyclic) bond motifs is 1. The molecule has 0 aliphatic rings. The van der Waals surface area contributed by atoms with Gasteiger partial charge < -0.3 is 10.1 Å². The molecule has 2 aromatic carbocycles. The minimum absolute atomic E-state index is 0.113.